The van der Waals surface area contributed by atoms with E-state index in [0.29, 0.717) is 0 Å². The van der Waals surface area contributed by atoms with Crippen molar-refractivity contribution in [2.45, 2.75) is 19.3 Å². The topological polar surface area (TPSA) is 122 Å². The zero-order valence-corrected chi connectivity index (χ0v) is 10.0. The van der Waals surface area contributed by atoms with Gasteiger partial charge in [0.15, 0.2) is 0 Å². The van der Waals surface area contributed by atoms with Crippen molar-refractivity contribution >= 4 is 11.9 Å². The molecule has 0 atom stereocenters. The van der Waals surface area contributed by atoms with E-state index in [0.717, 1.165) is 0 Å². The molecule has 0 spiro atoms. The molecule has 14 heavy (non-hydrogen) atoms. The molecule has 7 heteroatoms. The molecule has 0 saturated carbocycles. The summed E-state index contributed by atoms with van der Waals surface area (Å²) < 4.78 is 0. The van der Waals surface area contributed by atoms with Crippen molar-refractivity contribution in [3.05, 3.63) is 0 Å². The average molecular weight is 387 g/mol. The number of piperidine rings is 1. The van der Waals surface area contributed by atoms with Crippen LogP contribution in [0.25, 0.3) is 0 Å². The number of carbonyl (C=O) groups is 2. The fraction of sp³-hybridized carbons (Fsp3) is 0.714. The number of carboxylic acids is 2. The molecule has 0 aromatic heterocycles. The summed E-state index contributed by atoms with van der Waals surface area (Å²) in [6.45, 7) is 2.50. The second-order valence-electron chi connectivity index (χ2n) is 2.42. The molecule has 6 N–H and O–H groups in total. The van der Waals surface area contributed by atoms with E-state index in [-0.39, 0.29) is 27.2 Å². The van der Waals surface area contributed by atoms with Gasteiger partial charge in [-0.25, -0.2) is 9.59 Å². The van der Waals surface area contributed by atoms with Gasteiger partial charge in [-0.3, -0.25) is 0 Å². The van der Waals surface area contributed by atoms with Gasteiger partial charge in [0.25, 0.3) is 0 Å². The number of rotatable bonds is 0. The van der Waals surface area contributed by atoms with Crippen molar-refractivity contribution in [1.29, 1.82) is 0 Å². The van der Waals surface area contributed by atoms with Crippen LogP contribution in [0.15, 0.2) is 0 Å². The van der Waals surface area contributed by atoms with E-state index < -0.39 is 11.9 Å². The van der Waals surface area contributed by atoms with Crippen LogP contribution in [0.4, 0.5) is 0 Å². The van der Waals surface area contributed by atoms with Crippen LogP contribution in [0, 0.1) is 0 Å². The predicted molar refractivity (Wildman–Crippen MR) is 47.0 cm³/mol. The monoisotopic (exact) mass is 387 g/mol. The molecule has 1 fully saturated rings. The molecule has 1 saturated heterocycles. The Morgan fingerprint density at radius 3 is 1.36 bits per heavy atom. The molecule has 0 bridgehead atoms. The minimum atomic E-state index is -1.82. The largest absolute Gasteiger partial charge is 0.473 e. The quantitative estimate of drug-likeness (QED) is 0.437. The van der Waals surface area contributed by atoms with Gasteiger partial charge in [0.1, 0.15) is 0 Å². The third-order valence-electron chi connectivity index (χ3n) is 1.39. The average Bonchev–Trinajstić information content (AvgIpc) is 2.08. The molecular weight excluding hydrogens is 371 g/mol. The zero-order valence-electron chi connectivity index (χ0n) is 7.77. The molecule has 0 amide bonds. The summed E-state index contributed by atoms with van der Waals surface area (Å²) in [5.41, 5.74) is 0. The third-order valence-corrected chi connectivity index (χ3v) is 1.39. The van der Waals surface area contributed by atoms with Crippen molar-refractivity contribution in [3.8, 4) is 0 Å². The third kappa shape index (κ3) is 14.1. The molecule has 0 aliphatic carbocycles. The van der Waals surface area contributed by atoms with Gasteiger partial charge in [0.2, 0.25) is 0 Å². The SMILES string of the molecule is C1CCNCC1.N.O=C(O)C(=O)O.[Pt]. The summed E-state index contributed by atoms with van der Waals surface area (Å²) in [5, 5.41) is 18.1. The molecule has 1 rings (SSSR count). The van der Waals surface area contributed by atoms with Crippen LogP contribution in [0.5, 0.6) is 0 Å². The Bertz CT molecular complexity index is 138. The normalized spacial score (nSPS) is 13.4. The fourth-order valence-electron chi connectivity index (χ4n) is 0.802. The maximum absolute atomic E-state index is 9.10. The smallest absolute Gasteiger partial charge is 0.414 e. The Morgan fingerprint density at radius 2 is 1.29 bits per heavy atom. The van der Waals surface area contributed by atoms with E-state index in [9.17, 15) is 0 Å². The number of hydrogen-bond acceptors (Lipinski definition) is 4. The molecule has 1 aliphatic rings. The van der Waals surface area contributed by atoms with Crippen molar-refractivity contribution in [1.82, 2.24) is 11.5 Å². The number of aliphatic carboxylic acids is 2. The Morgan fingerprint density at radius 1 is 0.929 bits per heavy atom. The first-order valence-corrected chi connectivity index (χ1v) is 3.81. The van der Waals surface area contributed by atoms with E-state index in [4.69, 9.17) is 19.8 Å². The summed E-state index contributed by atoms with van der Waals surface area (Å²) in [6, 6.07) is 0. The summed E-state index contributed by atoms with van der Waals surface area (Å²) in [6.07, 6.45) is 4.22. The molecule has 1 aliphatic heterocycles. The Labute approximate surface area is 96.9 Å². The zero-order chi connectivity index (χ0) is 9.40. The first-order valence-electron chi connectivity index (χ1n) is 3.81. The van der Waals surface area contributed by atoms with Gasteiger partial charge in [-0.05, 0) is 25.9 Å². The van der Waals surface area contributed by atoms with Gasteiger partial charge in [0.05, 0.1) is 0 Å². The van der Waals surface area contributed by atoms with E-state index in [1.165, 1.54) is 32.4 Å². The molecule has 6 nitrogen and oxygen atoms in total. The number of nitrogens with one attached hydrogen (secondary N) is 1. The molecule has 1 heterocycles. The molecular formula is C7H16N2O4Pt. The summed E-state index contributed by atoms with van der Waals surface area (Å²) in [5.74, 6) is -3.65. The van der Waals surface area contributed by atoms with Gasteiger partial charge >= 0.3 is 11.9 Å². The number of hydrogen-bond donors (Lipinski definition) is 4. The second kappa shape index (κ2) is 12.5. The number of carboxylic acid groups (broad SMARTS) is 2. The van der Waals surface area contributed by atoms with Crippen LogP contribution < -0.4 is 11.5 Å². The van der Waals surface area contributed by atoms with Crippen LogP contribution in [-0.4, -0.2) is 35.2 Å². The van der Waals surface area contributed by atoms with Crippen molar-refractivity contribution in [2.75, 3.05) is 13.1 Å². The predicted octanol–water partition coefficient (Wildman–Crippen LogP) is 0.0750. The van der Waals surface area contributed by atoms with Crippen molar-refractivity contribution in [3.63, 3.8) is 0 Å². The van der Waals surface area contributed by atoms with Gasteiger partial charge in [0, 0.05) is 21.1 Å². The molecule has 0 aromatic rings. The second-order valence-corrected chi connectivity index (χ2v) is 2.42. The van der Waals surface area contributed by atoms with E-state index in [1.54, 1.807) is 0 Å². The van der Waals surface area contributed by atoms with Gasteiger partial charge in [-0.15, -0.1) is 0 Å². The maximum Gasteiger partial charge on any atom is 0.414 e. The van der Waals surface area contributed by atoms with Crippen LogP contribution in [0.3, 0.4) is 0 Å². The van der Waals surface area contributed by atoms with Crippen molar-refractivity contribution in [2.24, 2.45) is 0 Å². The maximum atomic E-state index is 9.10. The van der Waals surface area contributed by atoms with Crippen LogP contribution >= 0.6 is 0 Å². The fourth-order valence-corrected chi connectivity index (χ4v) is 0.802. The van der Waals surface area contributed by atoms with Gasteiger partial charge in [-0.2, -0.15) is 0 Å². The van der Waals surface area contributed by atoms with Crippen molar-refractivity contribution < 1.29 is 40.9 Å². The van der Waals surface area contributed by atoms with E-state index >= 15 is 0 Å². The van der Waals surface area contributed by atoms with Gasteiger partial charge < -0.3 is 21.7 Å². The Kier molecular flexibility index (Phi) is 17.2. The Balaban J connectivity index is -0.000000151. The van der Waals surface area contributed by atoms with Crippen LogP contribution in [0.2, 0.25) is 0 Å². The minimum Gasteiger partial charge on any atom is -0.473 e. The summed E-state index contributed by atoms with van der Waals surface area (Å²) >= 11 is 0. The molecule has 0 radical (unpaired) electrons. The van der Waals surface area contributed by atoms with E-state index in [1.807, 2.05) is 0 Å². The van der Waals surface area contributed by atoms with Gasteiger partial charge in [-0.1, -0.05) is 6.42 Å². The van der Waals surface area contributed by atoms with Crippen LogP contribution in [0.1, 0.15) is 19.3 Å². The molecule has 0 aromatic carbocycles. The molecule has 0 unspecified atom stereocenters. The first-order chi connectivity index (χ1) is 5.64. The molecule has 88 valence electrons. The summed E-state index contributed by atoms with van der Waals surface area (Å²) in [7, 11) is 0. The van der Waals surface area contributed by atoms with E-state index in [2.05, 4.69) is 5.32 Å². The summed E-state index contributed by atoms with van der Waals surface area (Å²) in [4.78, 5) is 18.2. The Hall–Kier alpha value is -0.452. The van der Waals surface area contributed by atoms with Crippen LogP contribution in [-0.2, 0) is 30.7 Å². The minimum absolute atomic E-state index is 0. The first kappa shape index (κ1) is 19.2. The standard InChI is InChI=1S/C5H11N.C2H2O4.H3N.Pt/c1-2-4-6-5-3-1;3-1(4)2(5)6;;/h6H,1-5H2;(H,3,4)(H,5,6);1H3;.